The van der Waals surface area contributed by atoms with Crippen molar-refractivity contribution in [3.05, 3.63) is 101 Å². The number of thioether (sulfide) groups is 1. The molecule has 2 heterocycles. The Morgan fingerprint density at radius 3 is 2.27 bits per heavy atom. The number of aromatic nitrogens is 4. The summed E-state index contributed by atoms with van der Waals surface area (Å²) in [6.07, 6.45) is 0. The predicted molar refractivity (Wildman–Crippen MR) is 127 cm³/mol. The van der Waals surface area contributed by atoms with Crippen LogP contribution < -0.4 is 5.56 Å². The zero-order chi connectivity index (χ0) is 22.9. The molecule has 0 aliphatic heterocycles. The van der Waals surface area contributed by atoms with Crippen LogP contribution in [0.4, 0.5) is 8.78 Å². The summed E-state index contributed by atoms with van der Waals surface area (Å²) < 4.78 is 30.3. The summed E-state index contributed by atoms with van der Waals surface area (Å²) in [5.41, 5.74) is 2.25. The first kappa shape index (κ1) is 21.3. The van der Waals surface area contributed by atoms with Crippen molar-refractivity contribution in [3.8, 4) is 0 Å². The molecule has 0 N–H and O–H groups in total. The average Bonchev–Trinajstić information content (AvgIpc) is 3.22. The first-order valence-corrected chi connectivity index (χ1v) is 11.5. The van der Waals surface area contributed by atoms with E-state index in [1.165, 1.54) is 11.8 Å². The Morgan fingerprint density at radius 2 is 1.52 bits per heavy atom. The van der Waals surface area contributed by atoms with Gasteiger partial charge in [-0.1, -0.05) is 66.4 Å². The molecule has 0 saturated heterocycles. The molecule has 0 unspecified atom stereocenters. The van der Waals surface area contributed by atoms with Crippen LogP contribution in [0.5, 0.6) is 0 Å². The van der Waals surface area contributed by atoms with Crippen molar-refractivity contribution in [1.29, 1.82) is 0 Å². The van der Waals surface area contributed by atoms with Gasteiger partial charge in [-0.05, 0) is 36.8 Å². The van der Waals surface area contributed by atoms with E-state index in [1.807, 2.05) is 43.3 Å². The number of fused-ring (bicyclic) bond motifs is 2. The summed E-state index contributed by atoms with van der Waals surface area (Å²) in [7, 11) is 0. The Balaban J connectivity index is 1.61. The Bertz CT molecular complexity index is 1500. The molecule has 3 aromatic carbocycles. The van der Waals surface area contributed by atoms with Gasteiger partial charge in [0, 0.05) is 0 Å². The van der Waals surface area contributed by atoms with Gasteiger partial charge in [-0.2, -0.15) is 8.78 Å². The lowest BCUT2D eigenvalue weighted by Crippen LogP contribution is -2.27. The molecule has 0 spiro atoms. The number of hydrogen-bond acceptors (Lipinski definition) is 4. The first-order valence-electron chi connectivity index (χ1n) is 10.5. The van der Waals surface area contributed by atoms with Crippen LogP contribution in [0.1, 0.15) is 30.9 Å². The van der Waals surface area contributed by atoms with Gasteiger partial charge in [0.2, 0.25) is 0 Å². The van der Waals surface area contributed by atoms with Crippen LogP contribution in [-0.2, 0) is 5.75 Å². The molecule has 5 rings (SSSR count). The van der Waals surface area contributed by atoms with Gasteiger partial charge in [0.25, 0.3) is 5.56 Å². The highest BCUT2D eigenvalue weighted by Crippen LogP contribution is 2.30. The minimum absolute atomic E-state index is 0.144. The van der Waals surface area contributed by atoms with Crippen molar-refractivity contribution in [2.24, 2.45) is 0 Å². The lowest BCUT2D eigenvalue weighted by Gasteiger charge is -2.20. The second-order valence-corrected chi connectivity index (χ2v) is 8.57. The molecule has 33 heavy (non-hydrogen) atoms. The van der Waals surface area contributed by atoms with Gasteiger partial charge in [0.05, 0.1) is 33.7 Å². The highest BCUT2D eigenvalue weighted by molar-refractivity contribution is 7.98. The number of nitrogens with zero attached hydrogens (tertiary/aromatic N) is 4. The van der Waals surface area contributed by atoms with Crippen molar-refractivity contribution >= 4 is 33.7 Å². The van der Waals surface area contributed by atoms with Gasteiger partial charge in [0.1, 0.15) is 5.82 Å². The Morgan fingerprint density at radius 1 is 0.848 bits per heavy atom. The third-order valence-electron chi connectivity index (χ3n) is 5.64. The molecule has 2 aromatic heterocycles. The minimum atomic E-state index is -2.72. The van der Waals surface area contributed by atoms with Crippen LogP contribution in [0, 0.1) is 0 Å². The number of halogens is 2. The fourth-order valence-corrected chi connectivity index (χ4v) is 5.00. The van der Waals surface area contributed by atoms with Crippen molar-refractivity contribution in [3.63, 3.8) is 0 Å². The Hall–Kier alpha value is -3.52. The summed E-state index contributed by atoms with van der Waals surface area (Å²) in [4.78, 5) is 22.6. The SMILES string of the molecule is C[C@H](c1ccccc1)n1c(SCc2nc3ccccc3n2C(F)F)nc2ccccc2c1=O. The van der Waals surface area contributed by atoms with Crippen LogP contribution in [-0.4, -0.2) is 19.1 Å². The smallest absolute Gasteiger partial charge is 0.280 e. The molecule has 166 valence electrons. The lowest BCUT2D eigenvalue weighted by molar-refractivity contribution is 0.0722. The monoisotopic (exact) mass is 462 g/mol. The van der Waals surface area contributed by atoms with Crippen LogP contribution >= 0.6 is 11.8 Å². The molecule has 5 nitrogen and oxygen atoms in total. The topological polar surface area (TPSA) is 52.7 Å². The highest BCUT2D eigenvalue weighted by Gasteiger charge is 2.21. The number of hydrogen-bond donors (Lipinski definition) is 0. The van der Waals surface area contributed by atoms with Crippen LogP contribution in [0.15, 0.2) is 88.8 Å². The largest absolute Gasteiger partial charge is 0.320 e. The van der Waals surface area contributed by atoms with E-state index in [2.05, 4.69) is 4.98 Å². The van der Waals surface area contributed by atoms with Gasteiger partial charge < -0.3 is 0 Å². The molecule has 0 amide bonds. The third-order valence-corrected chi connectivity index (χ3v) is 6.59. The maximum absolute atomic E-state index is 13.9. The van der Waals surface area contributed by atoms with E-state index in [0.29, 0.717) is 27.1 Å². The number of para-hydroxylation sites is 3. The molecular formula is C25H20F2N4OS. The molecule has 8 heteroatoms. The van der Waals surface area contributed by atoms with E-state index >= 15 is 0 Å². The fourth-order valence-electron chi connectivity index (χ4n) is 3.99. The summed E-state index contributed by atoms with van der Waals surface area (Å²) >= 11 is 1.23. The number of rotatable bonds is 6. The maximum Gasteiger partial charge on any atom is 0.320 e. The third kappa shape index (κ3) is 3.91. The standard InChI is InChI=1S/C25H20F2N4OS/c1-16(17-9-3-2-4-10-17)30-23(32)18-11-5-6-12-19(18)29-25(30)33-15-22-28-20-13-7-8-14-21(20)31(22)24(26)27/h2-14,16,24H,15H2,1H3/t16-/m1/s1. The zero-order valence-electron chi connectivity index (χ0n) is 17.7. The van der Waals surface area contributed by atoms with Crippen LogP contribution in [0.3, 0.4) is 0 Å². The zero-order valence-corrected chi connectivity index (χ0v) is 18.5. The van der Waals surface area contributed by atoms with Crippen molar-refractivity contribution in [1.82, 2.24) is 19.1 Å². The van der Waals surface area contributed by atoms with Crippen LogP contribution in [0.25, 0.3) is 21.9 Å². The van der Waals surface area contributed by atoms with Crippen molar-refractivity contribution in [2.75, 3.05) is 0 Å². The fraction of sp³-hybridized carbons (Fsp3) is 0.160. The van der Waals surface area contributed by atoms with Crippen molar-refractivity contribution < 1.29 is 8.78 Å². The Kier molecular flexibility index (Phi) is 5.68. The molecule has 0 aliphatic rings. The van der Waals surface area contributed by atoms with E-state index in [1.54, 1.807) is 47.0 Å². The van der Waals surface area contributed by atoms with Gasteiger partial charge in [-0.25, -0.2) is 9.97 Å². The summed E-state index contributed by atoms with van der Waals surface area (Å²) in [6.45, 7) is -0.783. The Labute approximate surface area is 192 Å². The maximum atomic E-state index is 13.9. The summed E-state index contributed by atoms with van der Waals surface area (Å²) in [5, 5.41) is 0.979. The summed E-state index contributed by atoms with van der Waals surface area (Å²) in [5.74, 6) is 0.378. The van der Waals surface area contributed by atoms with Gasteiger partial charge in [0.15, 0.2) is 5.16 Å². The number of benzene rings is 3. The number of imidazole rings is 1. The molecule has 5 aromatic rings. The molecular weight excluding hydrogens is 442 g/mol. The molecule has 0 radical (unpaired) electrons. The highest BCUT2D eigenvalue weighted by atomic mass is 32.2. The average molecular weight is 463 g/mol. The summed E-state index contributed by atoms with van der Waals surface area (Å²) in [6, 6.07) is 23.4. The molecule has 1 atom stereocenters. The number of alkyl halides is 2. The van der Waals surface area contributed by atoms with E-state index in [0.717, 1.165) is 10.1 Å². The molecule has 0 saturated carbocycles. The molecule has 0 aliphatic carbocycles. The van der Waals surface area contributed by atoms with Gasteiger partial charge in [-0.3, -0.25) is 13.9 Å². The first-order chi connectivity index (χ1) is 16.0. The normalized spacial score (nSPS) is 12.6. The quantitative estimate of drug-likeness (QED) is 0.228. The second kappa shape index (κ2) is 8.78. The van der Waals surface area contributed by atoms with E-state index in [-0.39, 0.29) is 23.2 Å². The molecule has 0 fully saturated rings. The van der Waals surface area contributed by atoms with E-state index < -0.39 is 6.55 Å². The van der Waals surface area contributed by atoms with Crippen molar-refractivity contribution in [2.45, 2.75) is 30.4 Å². The second-order valence-electron chi connectivity index (χ2n) is 7.63. The van der Waals surface area contributed by atoms with E-state index in [4.69, 9.17) is 4.98 Å². The molecule has 0 bridgehead atoms. The minimum Gasteiger partial charge on any atom is -0.280 e. The van der Waals surface area contributed by atoms with Gasteiger partial charge >= 0.3 is 6.55 Å². The lowest BCUT2D eigenvalue weighted by atomic mass is 10.1. The van der Waals surface area contributed by atoms with Crippen LogP contribution in [0.2, 0.25) is 0 Å². The predicted octanol–water partition coefficient (Wildman–Crippen LogP) is 6.04. The van der Waals surface area contributed by atoms with E-state index in [9.17, 15) is 13.6 Å². The van der Waals surface area contributed by atoms with Gasteiger partial charge in [-0.15, -0.1) is 0 Å².